The molecule has 116 valence electrons. The lowest BCUT2D eigenvalue weighted by atomic mass is 10.00. The smallest absolute Gasteiger partial charge is 0.171 e. The van der Waals surface area contributed by atoms with E-state index < -0.39 is 0 Å². The van der Waals surface area contributed by atoms with Crippen LogP contribution in [0.15, 0.2) is 66.7 Å². The van der Waals surface area contributed by atoms with E-state index in [1.54, 1.807) is 12.1 Å². The number of thiocarbonyl (C=S) groups is 1. The molecule has 3 rings (SSSR count). The maximum absolute atomic E-state index is 13.2. The van der Waals surface area contributed by atoms with Gasteiger partial charge in [0.05, 0.1) is 6.04 Å². The number of nitrogens with one attached hydrogen (secondary N) is 2. The zero-order valence-electron chi connectivity index (χ0n) is 12.7. The molecule has 2 nitrogen and oxygen atoms in total. The summed E-state index contributed by atoms with van der Waals surface area (Å²) in [6.45, 7) is 2.06. The third-order valence-electron chi connectivity index (χ3n) is 3.72. The maximum Gasteiger partial charge on any atom is 0.171 e. The second-order valence-electron chi connectivity index (χ2n) is 5.40. The first kappa shape index (κ1) is 15.4. The van der Waals surface area contributed by atoms with Gasteiger partial charge in [-0.25, -0.2) is 4.39 Å². The summed E-state index contributed by atoms with van der Waals surface area (Å²) >= 11 is 5.33. The average molecular weight is 324 g/mol. The molecule has 0 fully saturated rings. The van der Waals surface area contributed by atoms with Gasteiger partial charge in [-0.15, -0.1) is 0 Å². The largest absolute Gasteiger partial charge is 0.356 e. The molecule has 0 spiro atoms. The summed E-state index contributed by atoms with van der Waals surface area (Å²) in [6, 6.07) is 20.8. The van der Waals surface area contributed by atoms with E-state index in [1.807, 2.05) is 18.2 Å². The summed E-state index contributed by atoms with van der Waals surface area (Å²) in [4.78, 5) is 0. The van der Waals surface area contributed by atoms with Crippen LogP contribution < -0.4 is 10.6 Å². The number of fused-ring (bicyclic) bond motifs is 1. The molecular weight excluding hydrogens is 307 g/mol. The van der Waals surface area contributed by atoms with E-state index in [-0.39, 0.29) is 11.9 Å². The zero-order chi connectivity index (χ0) is 16.2. The number of anilines is 1. The molecular formula is C19H17FN2S. The van der Waals surface area contributed by atoms with Gasteiger partial charge in [-0.3, -0.25) is 0 Å². The van der Waals surface area contributed by atoms with Crippen molar-refractivity contribution in [1.82, 2.24) is 5.32 Å². The minimum absolute atomic E-state index is 0.0367. The Hall–Kier alpha value is -2.46. The lowest BCUT2D eigenvalue weighted by Gasteiger charge is -2.19. The standard InChI is InChI=1S/C19H17FN2S/c1-13(17-11-4-7-14-6-2-3-10-18(14)17)21-19(23)22-16-9-5-8-15(20)12-16/h2-13H,1H3,(H2,21,22,23). The molecule has 23 heavy (non-hydrogen) atoms. The first-order valence-electron chi connectivity index (χ1n) is 7.44. The molecule has 0 amide bonds. The summed E-state index contributed by atoms with van der Waals surface area (Å²) in [7, 11) is 0. The highest BCUT2D eigenvalue weighted by molar-refractivity contribution is 7.80. The van der Waals surface area contributed by atoms with E-state index in [4.69, 9.17) is 12.2 Å². The minimum Gasteiger partial charge on any atom is -0.356 e. The van der Waals surface area contributed by atoms with E-state index in [1.165, 1.54) is 28.5 Å². The molecule has 0 bridgehead atoms. The average Bonchev–Trinajstić information content (AvgIpc) is 2.54. The van der Waals surface area contributed by atoms with Crippen molar-refractivity contribution < 1.29 is 4.39 Å². The van der Waals surface area contributed by atoms with Crippen LogP contribution in [0.3, 0.4) is 0 Å². The van der Waals surface area contributed by atoms with Crippen molar-refractivity contribution in [3.8, 4) is 0 Å². The monoisotopic (exact) mass is 324 g/mol. The van der Waals surface area contributed by atoms with Crippen LogP contribution in [0.4, 0.5) is 10.1 Å². The number of hydrogen-bond acceptors (Lipinski definition) is 1. The molecule has 0 aliphatic heterocycles. The van der Waals surface area contributed by atoms with Crippen LogP contribution in [0.25, 0.3) is 10.8 Å². The predicted molar refractivity (Wildman–Crippen MR) is 98.1 cm³/mol. The van der Waals surface area contributed by atoms with Crippen LogP contribution in [-0.2, 0) is 0 Å². The van der Waals surface area contributed by atoms with E-state index in [0.29, 0.717) is 10.8 Å². The lowest BCUT2D eigenvalue weighted by molar-refractivity contribution is 0.628. The lowest BCUT2D eigenvalue weighted by Crippen LogP contribution is -2.31. The molecule has 2 N–H and O–H groups in total. The zero-order valence-corrected chi connectivity index (χ0v) is 13.5. The third-order valence-corrected chi connectivity index (χ3v) is 3.94. The van der Waals surface area contributed by atoms with Gasteiger partial charge in [-0.1, -0.05) is 48.5 Å². The van der Waals surface area contributed by atoms with Gasteiger partial charge in [0, 0.05) is 5.69 Å². The van der Waals surface area contributed by atoms with Gasteiger partial charge in [0.15, 0.2) is 5.11 Å². The second kappa shape index (κ2) is 6.75. The van der Waals surface area contributed by atoms with Gasteiger partial charge < -0.3 is 10.6 Å². The minimum atomic E-state index is -0.292. The van der Waals surface area contributed by atoms with Crippen LogP contribution in [0.2, 0.25) is 0 Å². The Morgan fingerprint density at radius 1 is 1.00 bits per heavy atom. The van der Waals surface area contributed by atoms with E-state index in [2.05, 4.69) is 41.8 Å². The van der Waals surface area contributed by atoms with Gasteiger partial charge >= 0.3 is 0 Å². The molecule has 0 saturated heterocycles. The van der Waals surface area contributed by atoms with Crippen LogP contribution in [-0.4, -0.2) is 5.11 Å². The molecule has 4 heteroatoms. The predicted octanol–water partition coefficient (Wildman–Crippen LogP) is 5.03. The number of hydrogen-bond donors (Lipinski definition) is 2. The molecule has 0 heterocycles. The highest BCUT2D eigenvalue weighted by Crippen LogP contribution is 2.24. The fourth-order valence-corrected chi connectivity index (χ4v) is 2.93. The fraction of sp³-hybridized carbons (Fsp3) is 0.105. The van der Waals surface area contributed by atoms with E-state index in [0.717, 1.165) is 0 Å². The van der Waals surface area contributed by atoms with Crippen molar-refractivity contribution in [2.75, 3.05) is 5.32 Å². The number of halogens is 1. The van der Waals surface area contributed by atoms with Crippen molar-refractivity contribution in [2.45, 2.75) is 13.0 Å². The fourth-order valence-electron chi connectivity index (χ4n) is 2.64. The molecule has 3 aromatic rings. The first-order valence-corrected chi connectivity index (χ1v) is 7.85. The van der Waals surface area contributed by atoms with Crippen LogP contribution in [0.1, 0.15) is 18.5 Å². The molecule has 1 atom stereocenters. The Labute approximate surface area is 140 Å². The van der Waals surface area contributed by atoms with Gasteiger partial charge in [-0.05, 0) is 53.7 Å². The number of benzene rings is 3. The van der Waals surface area contributed by atoms with Gasteiger partial charge in [-0.2, -0.15) is 0 Å². The Balaban J connectivity index is 1.75. The Morgan fingerprint density at radius 3 is 2.57 bits per heavy atom. The third kappa shape index (κ3) is 3.66. The summed E-state index contributed by atoms with van der Waals surface area (Å²) in [6.07, 6.45) is 0. The van der Waals surface area contributed by atoms with Crippen molar-refractivity contribution in [1.29, 1.82) is 0 Å². The van der Waals surface area contributed by atoms with Crippen LogP contribution >= 0.6 is 12.2 Å². The Bertz CT molecular complexity index is 842. The molecule has 0 aliphatic rings. The van der Waals surface area contributed by atoms with Gasteiger partial charge in [0.25, 0.3) is 0 Å². The molecule has 1 unspecified atom stereocenters. The van der Waals surface area contributed by atoms with Crippen molar-refractivity contribution >= 4 is 33.8 Å². The van der Waals surface area contributed by atoms with Crippen molar-refractivity contribution in [2.24, 2.45) is 0 Å². The van der Waals surface area contributed by atoms with E-state index in [9.17, 15) is 4.39 Å². The highest BCUT2D eigenvalue weighted by atomic mass is 32.1. The van der Waals surface area contributed by atoms with E-state index >= 15 is 0 Å². The summed E-state index contributed by atoms with van der Waals surface area (Å²) in [5, 5.41) is 9.13. The van der Waals surface area contributed by atoms with Gasteiger partial charge in [0.1, 0.15) is 5.82 Å². The summed E-state index contributed by atoms with van der Waals surface area (Å²) in [5.41, 5.74) is 1.80. The normalized spacial score (nSPS) is 11.9. The molecule has 0 aliphatic carbocycles. The molecule has 3 aromatic carbocycles. The SMILES string of the molecule is CC(NC(=S)Nc1cccc(F)c1)c1cccc2ccccc12. The summed E-state index contributed by atoms with van der Waals surface area (Å²) in [5.74, 6) is -0.292. The van der Waals surface area contributed by atoms with Crippen LogP contribution in [0, 0.1) is 5.82 Å². The highest BCUT2D eigenvalue weighted by Gasteiger charge is 2.10. The number of rotatable bonds is 3. The first-order chi connectivity index (χ1) is 11.1. The van der Waals surface area contributed by atoms with Crippen molar-refractivity contribution in [3.05, 3.63) is 78.1 Å². The van der Waals surface area contributed by atoms with Crippen molar-refractivity contribution in [3.63, 3.8) is 0 Å². The molecule has 0 saturated carbocycles. The van der Waals surface area contributed by atoms with Gasteiger partial charge in [0.2, 0.25) is 0 Å². The Morgan fingerprint density at radius 2 is 1.74 bits per heavy atom. The maximum atomic E-state index is 13.2. The topological polar surface area (TPSA) is 24.1 Å². The summed E-state index contributed by atoms with van der Waals surface area (Å²) < 4.78 is 13.2. The quantitative estimate of drug-likeness (QED) is 0.661. The molecule has 0 aromatic heterocycles. The Kier molecular flexibility index (Phi) is 4.53. The molecule has 0 radical (unpaired) electrons. The second-order valence-corrected chi connectivity index (χ2v) is 5.81. The van der Waals surface area contributed by atoms with Crippen LogP contribution in [0.5, 0.6) is 0 Å².